The number of nitrogens with zero attached hydrogens (tertiary/aromatic N) is 1. The fourth-order valence-corrected chi connectivity index (χ4v) is 1.71. The van der Waals surface area contributed by atoms with E-state index >= 15 is 0 Å². The van der Waals surface area contributed by atoms with Gasteiger partial charge in [0.1, 0.15) is 12.4 Å². The molecular formula is C13H17NO. The van der Waals surface area contributed by atoms with Crippen LogP contribution in [0.15, 0.2) is 18.2 Å². The van der Waals surface area contributed by atoms with Crippen molar-refractivity contribution in [2.24, 2.45) is 0 Å². The Balaban J connectivity index is 1.92. The molecule has 0 spiro atoms. The van der Waals surface area contributed by atoms with Crippen molar-refractivity contribution in [3.8, 4) is 5.75 Å². The second-order valence-electron chi connectivity index (χ2n) is 4.19. The maximum absolute atomic E-state index is 5.67. The van der Waals surface area contributed by atoms with E-state index in [1.807, 2.05) is 0 Å². The molecule has 0 fully saturated rings. The van der Waals surface area contributed by atoms with Crippen molar-refractivity contribution in [2.75, 3.05) is 27.2 Å². The predicted molar refractivity (Wildman–Crippen MR) is 61.1 cm³/mol. The monoisotopic (exact) mass is 203 g/mol. The van der Waals surface area contributed by atoms with Crippen molar-refractivity contribution in [3.05, 3.63) is 35.7 Å². The van der Waals surface area contributed by atoms with Crippen molar-refractivity contribution in [1.82, 2.24) is 4.90 Å². The highest BCUT2D eigenvalue weighted by Gasteiger charge is 2.11. The Morgan fingerprint density at radius 2 is 2.07 bits per heavy atom. The molecule has 0 aromatic heterocycles. The van der Waals surface area contributed by atoms with Crippen molar-refractivity contribution in [1.29, 1.82) is 0 Å². The Morgan fingerprint density at radius 1 is 1.27 bits per heavy atom. The summed E-state index contributed by atoms with van der Waals surface area (Å²) >= 11 is 0. The van der Waals surface area contributed by atoms with Gasteiger partial charge in [-0.15, -0.1) is 0 Å². The number of hydrogen-bond donors (Lipinski definition) is 0. The van der Waals surface area contributed by atoms with Crippen LogP contribution in [0.1, 0.15) is 11.1 Å². The van der Waals surface area contributed by atoms with Crippen molar-refractivity contribution in [3.63, 3.8) is 0 Å². The molecule has 0 amide bonds. The van der Waals surface area contributed by atoms with Crippen LogP contribution in [0.3, 0.4) is 0 Å². The van der Waals surface area contributed by atoms with Gasteiger partial charge in [-0.3, -0.25) is 0 Å². The third-order valence-electron chi connectivity index (χ3n) is 2.62. The minimum Gasteiger partial charge on any atom is -0.492 e. The zero-order chi connectivity index (χ0) is 10.7. The van der Waals surface area contributed by atoms with Gasteiger partial charge in [0.15, 0.2) is 0 Å². The maximum Gasteiger partial charge on any atom is 0.119 e. The Labute approximate surface area is 91.9 Å². The van der Waals surface area contributed by atoms with Gasteiger partial charge in [0.2, 0.25) is 0 Å². The summed E-state index contributed by atoms with van der Waals surface area (Å²) in [5, 5.41) is 0. The second-order valence-corrected chi connectivity index (χ2v) is 4.19. The minimum absolute atomic E-state index is 0.749. The van der Waals surface area contributed by atoms with Crippen LogP contribution in [0, 0.1) is 6.42 Å². The summed E-state index contributed by atoms with van der Waals surface area (Å²) in [5.74, 6) is 0.985. The van der Waals surface area contributed by atoms with E-state index in [1.54, 1.807) is 0 Å². The summed E-state index contributed by atoms with van der Waals surface area (Å²) in [7, 11) is 4.10. The van der Waals surface area contributed by atoms with E-state index in [9.17, 15) is 0 Å². The van der Waals surface area contributed by atoms with Gasteiger partial charge in [0.25, 0.3) is 0 Å². The number of ether oxygens (including phenoxy) is 1. The molecule has 2 radical (unpaired) electrons. The van der Waals surface area contributed by atoms with Crippen molar-refractivity contribution >= 4 is 0 Å². The highest BCUT2D eigenvalue weighted by Crippen LogP contribution is 2.25. The smallest absolute Gasteiger partial charge is 0.119 e. The molecule has 0 aliphatic heterocycles. The van der Waals surface area contributed by atoms with Gasteiger partial charge in [0, 0.05) is 6.54 Å². The molecule has 2 heteroatoms. The number of likely N-dealkylation sites (N-methyl/N-ethyl adjacent to an activating group) is 1. The average Bonchev–Trinajstić information content (AvgIpc) is 2.64. The lowest BCUT2D eigenvalue weighted by Crippen LogP contribution is -2.19. The average molecular weight is 203 g/mol. The van der Waals surface area contributed by atoms with Gasteiger partial charge in [-0.1, -0.05) is 6.07 Å². The predicted octanol–water partition coefficient (Wildman–Crippen LogP) is 1.81. The molecule has 0 saturated heterocycles. The highest BCUT2D eigenvalue weighted by molar-refractivity contribution is 5.40. The van der Waals surface area contributed by atoms with Gasteiger partial charge in [-0.05, 0) is 56.6 Å². The van der Waals surface area contributed by atoms with E-state index in [4.69, 9.17) is 4.74 Å². The van der Waals surface area contributed by atoms with Crippen molar-refractivity contribution < 1.29 is 4.74 Å². The fraction of sp³-hybridized carbons (Fsp3) is 0.462. The number of hydrogen-bond acceptors (Lipinski definition) is 2. The van der Waals surface area contributed by atoms with E-state index in [2.05, 4.69) is 43.6 Å². The second kappa shape index (κ2) is 4.67. The van der Waals surface area contributed by atoms with E-state index in [-0.39, 0.29) is 0 Å². The third-order valence-corrected chi connectivity index (χ3v) is 2.62. The maximum atomic E-state index is 5.67. The van der Waals surface area contributed by atoms with Gasteiger partial charge in [0.05, 0.1) is 0 Å². The summed E-state index contributed by atoms with van der Waals surface area (Å²) in [5.41, 5.74) is 2.77. The van der Waals surface area contributed by atoms with Crippen molar-refractivity contribution in [2.45, 2.75) is 12.8 Å². The Hall–Kier alpha value is -1.02. The Morgan fingerprint density at radius 3 is 2.87 bits per heavy atom. The van der Waals surface area contributed by atoms with Crippen LogP contribution in [-0.2, 0) is 12.8 Å². The zero-order valence-electron chi connectivity index (χ0n) is 9.42. The van der Waals surface area contributed by atoms with Crippen LogP contribution in [-0.4, -0.2) is 32.1 Å². The molecule has 0 saturated carbocycles. The lowest BCUT2D eigenvalue weighted by atomic mass is 10.1. The number of benzene rings is 1. The quantitative estimate of drug-likeness (QED) is 0.740. The molecule has 0 unspecified atom stereocenters. The first-order valence-corrected chi connectivity index (χ1v) is 5.36. The lowest BCUT2D eigenvalue weighted by Gasteiger charge is -2.11. The molecule has 2 rings (SSSR count). The molecule has 1 aromatic carbocycles. The molecule has 0 N–H and O–H groups in total. The van der Waals surface area contributed by atoms with Crippen LogP contribution >= 0.6 is 0 Å². The molecule has 1 aliphatic carbocycles. The van der Waals surface area contributed by atoms with E-state index in [0.29, 0.717) is 0 Å². The minimum atomic E-state index is 0.749. The topological polar surface area (TPSA) is 12.5 Å². The van der Waals surface area contributed by atoms with Crippen LogP contribution < -0.4 is 4.74 Å². The lowest BCUT2D eigenvalue weighted by molar-refractivity contribution is 0.261. The first-order valence-electron chi connectivity index (χ1n) is 5.36. The zero-order valence-corrected chi connectivity index (χ0v) is 9.42. The SMILES string of the molecule is CN(C)CCOc1ccc2c(c1)C[C]C2. The summed E-state index contributed by atoms with van der Waals surface area (Å²) in [6.07, 6.45) is 5.29. The molecule has 1 aliphatic rings. The Bertz CT molecular complexity index is 333. The first kappa shape index (κ1) is 10.5. The van der Waals surface area contributed by atoms with Gasteiger partial charge >= 0.3 is 0 Å². The largest absolute Gasteiger partial charge is 0.492 e. The number of fused-ring (bicyclic) bond motifs is 1. The molecular weight excluding hydrogens is 186 g/mol. The van der Waals surface area contributed by atoms with E-state index in [1.165, 1.54) is 11.1 Å². The molecule has 2 nitrogen and oxygen atoms in total. The highest BCUT2D eigenvalue weighted by atomic mass is 16.5. The number of rotatable bonds is 4. The summed E-state index contributed by atoms with van der Waals surface area (Å²) in [6, 6.07) is 6.35. The van der Waals surface area contributed by atoms with E-state index in [0.717, 1.165) is 31.7 Å². The molecule has 0 heterocycles. The molecule has 0 atom stereocenters. The van der Waals surface area contributed by atoms with Gasteiger partial charge in [-0.25, -0.2) is 0 Å². The van der Waals surface area contributed by atoms with Crippen LogP contribution in [0.5, 0.6) is 5.75 Å². The molecule has 80 valence electrons. The van der Waals surface area contributed by atoms with Crippen LogP contribution in [0.25, 0.3) is 0 Å². The molecule has 0 bridgehead atoms. The normalized spacial score (nSPS) is 14.3. The summed E-state index contributed by atoms with van der Waals surface area (Å²) in [4.78, 5) is 2.12. The third kappa shape index (κ3) is 2.72. The first-order chi connectivity index (χ1) is 7.25. The van der Waals surface area contributed by atoms with Crippen LogP contribution in [0.2, 0.25) is 0 Å². The standard InChI is InChI=1S/C13H17NO/c1-14(2)8-9-15-13-7-6-11-4-3-5-12(11)10-13/h6-7,10H,4-5,8-9H2,1-2H3. The summed E-state index contributed by atoms with van der Waals surface area (Å²) in [6.45, 7) is 1.70. The fourth-order valence-electron chi connectivity index (χ4n) is 1.71. The molecule has 15 heavy (non-hydrogen) atoms. The van der Waals surface area contributed by atoms with Crippen LogP contribution in [0.4, 0.5) is 0 Å². The van der Waals surface area contributed by atoms with Gasteiger partial charge in [-0.2, -0.15) is 0 Å². The van der Waals surface area contributed by atoms with E-state index < -0.39 is 0 Å². The Kier molecular flexibility index (Phi) is 3.27. The summed E-state index contributed by atoms with van der Waals surface area (Å²) < 4.78 is 5.67. The van der Waals surface area contributed by atoms with Gasteiger partial charge < -0.3 is 9.64 Å². The molecule has 1 aromatic rings.